The van der Waals surface area contributed by atoms with Crippen molar-refractivity contribution in [2.24, 2.45) is 5.41 Å². The molecular weight excluding hydrogens is 1940 g/mol. The predicted molar refractivity (Wildman–Crippen MR) is 541 cm³/mol. The Morgan fingerprint density at radius 1 is 0.231 bits per heavy atom. The minimum Gasteiger partial charge on any atom is -0.462 e. The fraction of sp³-hybridized carbons (Fsp3) is 0.657. The van der Waals surface area contributed by atoms with Gasteiger partial charge >= 0.3 is 90.2 Å². The minimum absolute atomic E-state index is 0.0511. The number of hydrogen-bond donors (Lipinski definition) is 5. The summed E-state index contributed by atoms with van der Waals surface area (Å²) in [5.74, 6) is -6.63. The normalized spacial score (nSPS) is 10.8. The molecule has 0 rings (SSSR count). The Morgan fingerprint density at radius 2 is 0.422 bits per heavy atom. The molecule has 45 heteroatoms. The average Bonchev–Trinajstić information content (AvgIpc) is 0.906. The van der Waals surface area contributed by atoms with E-state index in [2.05, 4.69) is 92.4 Å². The fourth-order valence-corrected chi connectivity index (χ4v) is 10.2. The van der Waals surface area contributed by atoms with E-state index >= 15 is 0 Å². The summed E-state index contributed by atoms with van der Waals surface area (Å²) >= 11 is 0. The van der Waals surface area contributed by atoms with Crippen molar-refractivity contribution in [1.29, 1.82) is 0 Å². The molecular formula is C102H169N5O40. The monoisotopic (exact) mass is 2100 g/mol. The lowest BCUT2D eigenvalue weighted by atomic mass is 9.87. The van der Waals surface area contributed by atoms with Crippen LogP contribution < -0.4 is 26.6 Å². The molecule has 0 aliphatic rings. The number of amides is 5. The first-order valence-corrected chi connectivity index (χ1v) is 48.8. The highest BCUT2D eigenvalue weighted by Crippen LogP contribution is 2.24. The summed E-state index contributed by atoms with van der Waals surface area (Å²) in [5.41, 5.74) is -4.49. The number of alkyl carbamates (subject to hydrolysis) is 5. The number of carbonyl (C=O) groups excluding carboxylic acids is 15. The summed E-state index contributed by atoms with van der Waals surface area (Å²) in [5, 5.41) is 12.9. The first-order chi connectivity index (χ1) is 70.3. The van der Waals surface area contributed by atoms with Gasteiger partial charge in [-0.05, 0) is 90.9 Å². The lowest BCUT2D eigenvalue weighted by Gasteiger charge is -2.32. The molecule has 0 unspecified atom stereocenters. The van der Waals surface area contributed by atoms with Gasteiger partial charge in [0.2, 0.25) is 0 Å². The molecule has 0 aromatic heterocycles. The molecule has 0 radical (unpaired) electrons. The van der Waals surface area contributed by atoms with Crippen molar-refractivity contribution in [3.05, 3.63) is 127 Å². The van der Waals surface area contributed by atoms with Crippen molar-refractivity contribution >= 4 is 90.2 Å². The van der Waals surface area contributed by atoms with Crippen molar-refractivity contribution < 1.29 is 190 Å². The third kappa shape index (κ3) is 83.8. The standard InChI is InChI=1S/C22H37NO8.C21H35NO8.2C20H33NO8.C19H31NO8/c1-6-11-27-13-18(14-28-12-7-2)31-21(26)23-15-22(10-5,16-29-19(24)8-3)17-30-20(25)9-4;1-6-11-26-13-17(14-27-12-7-2)30-20(25)22-21(10-5,15-28-18(23)8-3)16-29-19(24)9-4;2*1-6-10-25-12-16(13-26-11-7-2)29-19(24)21-20(5,14-27-17(22)8-3)15-28-18(23)9-4;1-5-9-24-13-16(14-25-10-6-2)28-19(23)20-15(11-26-17(21)7-3)12-27-18(22)8-4/h8-9,18H,3-4,6-7,10-17H2,1-2,5H3,(H,23,26);8-9,17H,3-4,6-7,10-16H2,1-2,5H3,(H,22,25);2*8-9,16H,3-4,6-7,10-15H2,1-2,5H3,(H,21,24);7-8,15-16H,3-6,9-14H2,1-2H3,(H,20,23). The van der Waals surface area contributed by atoms with Crippen LogP contribution in [0.15, 0.2) is 127 Å². The predicted octanol–water partition coefficient (Wildman–Crippen LogP) is 11.4. The van der Waals surface area contributed by atoms with E-state index in [9.17, 15) is 71.9 Å². The summed E-state index contributed by atoms with van der Waals surface area (Å²) in [4.78, 5) is 176. The van der Waals surface area contributed by atoms with Gasteiger partial charge in [0.1, 0.15) is 88.7 Å². The maximum absolute atomic E-state index is 12.6. The van der Waals surface area contributed by atoms with Crippen LogP contribution in [0.1, 0.15) is 174 Å². The fourth-order valence-electron chi connectivity index (χ4n) is 10.2. The van der Waals surface area contributed by atoms with Gasteiger partial charge in [0, 0.05) is 133 Å². The summed E-state index contributed by atoms with van der Waals surface area (Å²) in [7, 11) is 0. The van der Waals surface area contributed by atoms with Gasteiger partial charge in [0.25, 0.3) is 0 Å². The van der Waals surface area contributed by atoms with E-state index in [1.165, 1.54) is 13.8 Å². The van der Waals surface area contributed by atoms with Crippen LogP contribution in [-0.4, -0.2) is 348 Å². The molecule has 0 aromatic carbocycles. The number of hydrogen-bond acceptors (Lipinski definition) is 40. The van der Waals surface area contributed by atoms with Crippen LogP contribution in [0, 0.1) is 5.41 Å². The third-order valence-corrected chi connectivity index (χ3v) is 18.1. The maximum atomic E-state index is 12.6. The molecule has 5 amide bonds. The van der Waals surface area contributed by atoms with Gasteiger partial charge in [-0.2, -0.15) is 0 Å². The highest BCUT2D eigenvalue weighted by atomic mass is 16.6. The number of rotatable bonds is 83. The summed E-state index contributed by atoms with van der Waals surface area (Å²) < 4.78 is 132. The van der Waals surface area contributed by atoms with Gasteiger partial charge in [0.05, 0.1) is 71.5 Å². The Labute approximate surface area is 867 Å². The van der Waals surface area contributed by atoms with E-state index in [-0.39, 0.29) is 139 Å². The van der Waals surface area contributed by atoms with Crippen LogP contribution in [-0.2, 0) is 166 Å². The molecule has 0 bridgehead atoms. The van der Waals surface area contributed by atoms with Crippen LogP contribution >= 0.6 is 0 Å². The second-order valence-electron chi connectivity index (χ2n) is 32.2. The molecule has 0 aromatic rings. The molecule has 5 N–H and O–H groups in total. The molecule has 0 saturated carbocycles. The second-order valence-corrected chi connectivity index (χ2v) is 32.2. The van der Waals surface area contributed by atoms with Gasteiger partial charge in [-0.1, -0.05) is 149 Å². The molecule has 0 saturated heterocycles. The molecule has 0 aliphatic heterocycles. The molecule has 842 valence electrons. The van der Waals surface area contributed by atoms with E-state index < -0.39 is 149 Å². The molecule has 0 heterocycles. The van der Waals surface area contributed by atoms with Gasteiger partial charge in [-0.15, -0.1) is 0 Å². The first-order valence-electron chi connectivity index (χ1n) is 48.8. The Bertz CT molecular complexity index is 3500. The first kappa shape index (κ1) is 143. The van der Waals surface area contributed by atoms with Crippen molar-refractivity contribution in [2.75, 3.05) is 205 Å². The van der Waals surface area contributed by atoms with Crippen LogP contribution in [0.2, 0.25) is 0 Å². The lowest BCUT2D eigenvalue weighted by Crippen LogP contribution is -2.56. The van der Waals surface area contributed by atoms with Gasteiger partial charge in [-0.3, -0.25) is 0 Å². The highest BCUT2D eigenvalue weighted by molar-refractivity contribution is 5.85. The quantitative estimate of drug-likeness (QED) is 0.0163. The van der Waals surface area contributed by atoms with E-state index in [1.54, 1.807) is 6.92 Å². The van der Waals surface area contributed by atoms with E-state index in [1.807, 2.05) is 76.2 Å². The SMILES string of the molecule is C=CC(=O)OCC(C)(COC(=O)C=C)NC(=O)OC(COCCC)COCCC.C=CC(=O)OCC(C)(COC(=O)C=C)NC(=O)OC(COCCC)COCCC.C=CC(=O)OCC(CC)(CNC(=O)OC(COCCC)COCCC)COC(=O)C=C.C=CC(=O)OCC(CC)(COC(=O)C=C)NC(=O)OC(COCCC)COCCC.C=CC(=O)OCC(COC(=O)C=C)NC(=O)OC(COCCC)COCCC. The van der Waals surface area contributed by atoms with Crippen LogP contribution in [0.4, 0.5) is 24.0 Å². The number of carbonyl (C=O) groups is 15. The van der Waals surface area contributed by atoms with Crippen molar-refractivity contribution in [3.63, 3.8) is 0 Å². The van der Waals surface area contributed by atoms with Gasteiger partial charge < -0.3 is 145 Å². The zero-order valence-electron chi connectivity index (χ0n) is 89.0. The van der Waals surface area contributed by atoms with E-state index in [0.29, 0.717) is 78.9 Å². The minimum atomic E-state index is -1.23. The molecule has 0 aliphatic carbocycles. The zero-order valence-corrected chi connectivity index (χ0v) is 89.0. The Kier molecular flexibility index (Phi) is 92.7. The Morgan fingerprint density at radius 3 is 0.626 bits per heavy atom. The zero-order chi connectivity index (χ0) is 112. The number of esters is 10. The topological polar surface area (TPSA) is 547 Å². The Balaban J connectivity index is -0.000000572. The van der Waals surface area contributed by atoms with Gasteiger partial charge in [-0.25, -0.2) is 71.9 Å². The third-order valence-electron chi connectivity index (χ3n) is 18.1. The van der Waals surface area contributed by atoms with E-state index in [0.717, 1.165) is 125 Å². The smallest absolute Gasteiger partial charge is 0.408 e. The van der Waals surface area contributed by atoms with Crippen molar-refractivity contribution in [1.82, 2.24) is 26.6 Å². The number of ether oxygens (including phenoxy) is 25. The van der Waals surface area contributed by atoms with Crippen LogP contribution in [0.25, 0.3) is 0 Å². The molecule has 0 spiro atoms. The molecule has 147 heavy (non-hydrogen) atoms. The molecule has 0 fully saturated rings. The largest absolute Gasteiger partial charge is 0.462 e. The van der Waals surface area contributed by atoms with E-state index in [4.69, 9.17) is 118 Å². The molecule has 0 atom stereocenters. The Hall–Kier alpha value is -11.9. The molecule has 45 nitrogen and oxygen atoms in total. The van der Waals surface area contributed by atoms with Crippen molar-refractivity contribution in [2.45, 2.75) is 227 Å². The summed E-state index contributed by atoms with van der Waals surface area (Å²) in [6.45, 7) is 64.7. The van der Waals surface area contributed by atoms with Crippen LogP contribution in [0.5, 0.6) is 0 Å². The second kappa shape index (κ2) is 95.0. The average molecular weight is 2110 g/mol. The summed E-state index contributed by atoms with van der Waals surface area (Å²) in [6, 6.07) is -0.811. The van der Waals surface area contributed by atoms with Crippen LogP contribution in [0.3, 0.4) is 0 Å². The number of nitrogens with one attached hydrogen (secondary N) is 5. The van der Waals surface area contributed by atoms with Gasteiger partial charge in [0.15, 0.2) is 30.5 Å². The van der Waals surface area contributed by atoms with Crippen molar-refractivity contribution in [3.8, 4) is 0 Å². The maximum Gasteiger partial charge on any atom is 0.408 e. The summed E-state index contributed by atoms with van der Waals surface area (Å²) in [6.07, 6.45) is 12.2. The highest BCUT2D eigenvalue weighted by Gasteiger charge is 2.38. The lowest BCUT2D eigenvalue weighted by molar-refractivity contribution is -0.149.